The molecule has 160 valence electrons. The molecule has 4 heterocycles. The van der Waals surface area contributed by atoms with Gasteiger partial charge >= 0.3 is 0 Å². The molecule has 3 aliphatic rings. The Labute approximate surface area is 185 Å². The molecule has 6 nitrogen and oxygen atoms in total. The second kappa shape index (κ2) is 7.73. The van der Waals surface area contributed by atoms with Gasteiger partial charge in [0.25, 0.3) is 0 Å². The molecule has 1 aromatic carbocycles. The maximum Gasteiger partial charge on any atom is 0.235 e. The standard InChI is InChI=1S/C24H24N2O4S/c1-14-13-17-19-20(24(29)25(23(19)28)10-6-11-30-2)21(22(27)18-9-5-12-31-18)26(17)16-8-4-3-7-15(14)16/h3-5,7-9,12-13,17,19-21H,6,10-11H2,1-2H3/t17-,19-,20-,21-/m1/s1. The van der Waals surface area contributed by atoms with E-state index in [-0.39, 0.29) is 23.6 Å². The molecule has 0 saturated carbocycles. The van der Waals surface area contributed by atoms with Crippen molar-refractivity contribution in [3.8, 4) is 0 Å². The van der Waals surface area contributed by atoms with Crippen molar-refractivity contribution in [1.29, 1.82) is 0 Å². The molecular weight excluding hydrogens is 412 g/mol. The minimum atomic E-state index is -0.692. The number of rotatable bonds is 6. The Hall–Kier alpha value is -2.77. The maximum atomic E-state index is 13.7. The molecule has 0 radical (unpaired) electrons. The number of hydrogen-bond acceptors (Lipinski definition) is 6. The van der Waals surface area contributed by atoms with Crippen molar-refractivity contribution in [1.82, 2.24) is 4.90 Å². The minimum absolute atomic E-state index is 0.0878. The largest absolute Gasteiger partial charge is 0.385 e. The number of fused-ring (bicyclic) bond motifs is 5. The molecule has 1 aromatic heterocycles. The highest BCUT2D eigenvalue weighted by molar-refractivity contribution is 7.12. The Morgan fingerprint density at radius 2 is 1.87 bits per heavy atom. The number of ketones is 1. The molecule has 0 unspecified atom stereocenters. The van der Waals surface area contributed by atoms with E-state index < -0.39 is 17.9 Å². The Balaban J connectivity index is 1.61. The van der Waals surface area contributed by atoms with Gasteiger partial charge in [0.2, 0.25) is 11.8 Å². The minimum Gasteiger partial charge on any atom is -0.385 e. The SMILES string of the molecule is COCCCN1C(=O)[C@@H]2[C@H](C1=O)[C@H]1C=C(C)c3ccccc3N1[C@H]2C(=O)c1cccs1. The number of methoxy groups -OCH3 is 1. The van der Waals surface area contributed by atoms with Crippen LogP contribution in [0, 0.1) is 11.8 Å². The second-order valence-corrected chi connectivity index (χ2v) is 9.22. The molecule has 0 N–H and O–H groups in total. The fraction of sp³-hybridized carbons (Fsp3) is 0.375. The van der Waals surface area contributed by atoms with Crippen molar-refractivity contribution in [3.05, 3.63) is 58.3 Å². The number of allylic oxidation sites excluding steroid dienone is 1. The van der Waals surface area contributed by atoms with Crippen LogP contribution >= 0.6 is 11.3 Å². The monoisotopic (exact) mass is 436 g/mol. The molecule has 2 amide bonds. The number of likely N-dealkylation sites (tertiary alicyclic amines) is 1. The summed E-state index contributed by atoms with van der Waals surface area (Å²) in [6.45, 7) is 2.83. The van der Waals surface area contributed by atoms with Crippen molar-refractivity contribution < 1.29 is 19.1 Å². The van der Waals surface area contributed by atoms with E-state index in [0.717, 1.165) is 16.8 Å². The van der Waals surface area contributed by atoms with Crippen LogP contribution < -0.4 is 4.90 Å². The number of Topliss-reactive ketones (excluding diaryl/α,β-unsaturated/α-hetero) is 1. The van der Waals surface area contributed by atoms with E-state index in [9.17, 15) is 14.4 Å². The van der Waals surface area contributed by atoms with Gasteiger partial charge in [-0.2, -0.15) is 0 Å². The second-order valence-electron chi connectivity index (χ2n) is 8.28. The lowest BCUT2D eigenvalue weighted by molar-refractivity contribution is -0.140. The third-order valence-electron chi connectivity index (χ3n) is 6.61. The van der Waals surface area contributed by atoms with Gasteiger partial charge in [-0.15, -0.1) is 11.3 Å². The Morgan fingerprint density at radius 3 is 2.61 bits per heavy atom. The summed E-state index contributed by atoms with van der Waals surface area (Å²) >= 11 is 1.37. The zero-order valence-corrected chi connectivity index (χ0v) is 18.3. The number of para-hydroxylation sites is 1. The van der Waals surface area contributed by atoms with Crippen molar-refractivity contribution in [2.45, 2.75) is 25.4 Å². The van der Waals surface area contributed by atoms with Crippen LogP contribution in [-0.2, 0) is 14.3 Å². The molecular formula is C24H24N2O4S. The van der Waals surface area contributed by atoms with Gasteiger partial charge in [-0.05, 0) is 36.4 Å². The number of benzene rings is 1. The Morgan fingerprint density at radius 1 is 1.10 bits per heavy atom. The summed E-state index contributed by atoms with van der Waals surface area (Å²) in [5, 5.41) is 1.87. The predicted octanol–water partition coefficient (Wildman–Crippen LogP) is 3.24. The van der Waals surface area contributed by atoms with Crippen LogP contribution in [0.25, 0.3) is 5.57 Å². The molecule has 2 fully saturated rings. The number of anilines is 1. The molecule has 0 aliphatic carbocycles. The summed E-state index contributed by atoms with van der Waals surface area (Å²) in [6.07, 6.45) is 2.65. The predicted molar refractivity (Wildman–Crippen MR) is 119 cm³/mol. The zero-order valence-electron chi connectivity index (χ0n) is 17.5. The molecule has 2 saturated heterocycles. The van der Waals surface area contributed by atoms with E-state index in [0.29, 0.717) is 24.4 Å². The number of ether oxygens (including phenoxy) is 1. The maximum absolute atomic E-state index is 13.7. The molecule has 7 heteroatoms. The number of carbonyl (C=O) groups excluding carboxylic acids is 3. The van der Waals surface area contributed by atoms with E-state index in [1.165, 1.54) is 16.2 Å². The first-order valence-corrected chi connectivity index (χ1v) is 11.4. The van der Waals surface area contributed by atoms with Gasteiger partial charge in [-0.25, -0.2) is 0 Å². The van der Waals surface area contributed by atoms with Gasteiger partial charge in [0, 0.05) is 31.5 Å². The normalized spacial score (nSPS) is 26.6. The first-order valence-electron chi connectivity index (χ1n) is 10.5. The lowest BCUT2D eigenvalue weighted by atomic mass is 9.86. The summed E-state index contributed by atoms with van der Waals surface area (Å²) in [5.41, 5.74) is 3.03. The van der Waals surface area contributed by atoms with Crippen molar-refractivity contribution >= 4 is 40.2 Å². The smallest absolute Gasteiger partial charge is 0.235 e. The average molecular weight is 437 g/mol. The van der Waals surface area contributed by atoms with Crippen LogP contribution in [0.1, 0.15) is 28.6 Å². The van der Waals surface area contributed by atoms with Gasteiger partial charge in [0.1, 0.15) is 6.04 Å². The molecule has 5 rings (SSSR count). The van der Waals surface area contributed by atoms with E-state index in [4.69, 9.17) is 4.74 Å². The highest BCUT2D eigenvalue weighted by atomic mass is 32.1. The fourth-order valence-corrected chi connectivity index (χ4v) is 6.01. The number of imide groups is 1. The van der Waals surface area contributed by atoms with E-state index >= 15 is 0 Å². The molecule has 0 spiro atoms. The highest BCUT2D eigenvalue weighted by Gasteiger charge is 2.64. The summed E-state index contributed by atoms with van der Waals surface area (Å²) < 4.78 is 5.09. The highest BCUT2D eigenvalue weighted by Crippen LogP contribution is 2.50. The topological polar surface area (TPSA) is 66.9 Å². The lowest BCUT2D eigenvalue weighted by Crippen LogP contribution is -2.49. The quantitative estimate of drug-likeness (QED) is 0.395. The lowest BCUT2D eigenvalue weighted by Gasteiger charge is -2.37. The van der Waals surface area contributed by atoms with Crippen LogP contribution in [-0.4, -0.2) is 54.8 Å². The molecule has 3 aliphatic heterocycles. The van der Waals surface area contributed by atoms with Gasteiger partial charge < -0.3 is 9.64 Å². The summed E-state index contributed by atoms with van der Waals surface area (Å²) in [4.78, 5) is 44.6. The Kier molecular flexibility index (Phi) is 5.02. The Bertz CT molecular complexity index is 1080. The van der Waals surface area contributed by atoms with Gasteiger partial charge in [-0.1, -0.05) is 30.3 Å². The van der Waals surface area contributed by atoms with Crippen molar-refractivity contribution in [2.24, 2.45) is 11.8 Å². The number of carbonyl (C=O) groups is 3. The summed E-state index contributed by atoms with van der Waals surface area (Å²) in [5.74, 6) is -1.72. The third-order valence-corrected chi connectivity index (χ3v) is 7.49. The van der Waals surface area contributed by atoms with E-state index in [2.05, 4.69) is 6.08 Å². The van der Waals surface area contributed by atoms with Crippen LogP contribution in [0.3, 0.4) is 0 Å². The van der Waals surface area contributed by atoms with Gasteiger partial charge in [0.05, 0.1) is 22.8 Å². The van der Waals surface area contributed by atoms with Crippen LogP contribution in [0.4, 0.5) is 5.69 Å². The molecule has 0 bridgehead atoms. The number of amides is 2. The third kappa shape index (κ3) is 2.98. The first kappa shape index (κ1) is 20.2. The number of hydrogen-bond donors (Lipinski definition) is 0. The number of thiophene rings is 1. The molecule has 31 heavy (non-hydrogen) atoms. The van der Waals surface area contributed by atoms with Crippen molar-refractivity contribution in [2.75, 3.05) is 25.2 Å². The zero-order chi connectivity index (χ0) is 21.7. The fourth-order valence-electron chi connectivity index (χ4n) is 5.31. The number of nitrogens with zero attached hydrogens (tertiary/aromatic N) is 2. The van der Waals surface area contributed by atoms with Crippen LogP contribution in [0.2, 0.25) is 0 Å². The summed E-state index contributed by atoms with van der Waals surface area (Å²) in [6, 6.07) is 10.6. The summed E-state index contributed by atoms with van der Waals surface area (Å²) in [7, 11) is 1.60. The van der Waals surface area contributed by atoms with E-state index in [1.54, 1.807) is 13.2 Å². The van der Waals surface area contributed by atoms with Gasteiger partial charge in [-0.3, -0.25) is 19.3 Å². The average Bonchev–Trinajstić information content (AvgIpc) is 3.47. The van der Waals surface area contributed by atoms with Gasteiger partial charge in [0.15, 0.2) is 5.78 Å². The molecule has 4 atom stereocenters. The van der Waals surface area contributed by atoms with Crippen LogP contribution in [0.15, 0.2) is 47.9 Å². The van der Waals surface area contributed by atoms with Crippen LogP contribution in [0.5, 0.6) is 0 Å². The van der Waals surface area contributed by atoms with Crippen molar-refractivity contribution in [3.63, 3.8) is 0 Å². The molecule has 2 aromatic rings. The van der Waals surface area contributed by atoms with E-state index in [1.807, 2.05) is 47.5 Å². The first-order chi connectivity index (χ1) is 15.0.